The number of aromatic nitrogens is 2. The minimum Gasteiger partial charge on any atom is -0.388 e. The van der Waals surface area contributed by atoms with Crippen LogP contribution in [0.5, 0.6) is 0 Å². The third-order valence-electron chi connectivity index (χ3n) is 3.26. The standard InChI is InChI=1S/C16H15N3/c1-17-14-8-6-12(7-9-14)10-16-15-5-3-2-4-13(15)11-18-19-16/h2-9,11,17H,10H2,1H3. The largest absolute Gasteiger partial charge is 0.388 e. The van der Waals surface area contributed by atoms with Gasteiger partial charge >= 0.3 is 0 Å². The summed E-state index contributed by atoms with van der Waals surface area (Å²) in [6, 6.07) is 16.6. The van der Waals surface area contributed by atoms with E-state index in [9.17, 15) is 0 Å². The lowest BCUT2D eigenvalue weighted by molar-refractivity contribution is 0.958. The van der Waals surface area contributed by atoms with Crippen molar-refractivity contribution < 1.29 is 0 Å². The first kappa shape index (κ1) is 11.7. The molecule has 3 heteroatoms. The van der Waals surface area contributed by atoms with Crippen LogP contribution >= 0.6 is 0 Å². The Kier molecular flexibility index (Phi) is 3.11. The van der Waals surface area contributed by atoms with E-state index < -0.39 is 0 Å². The van der Waals surface area contributed by atoms with E-state index in [0.717, 1.165) is 23.2 Å². The molecule has 0 amide bonds. The number of fused-ring (bicyclic) bond motifs is 1. The lowest BCUT2D eigenvalue weighted by atomic mass is 10.0. The number of benzene rings is 2. The summed E-state index contributed by atoms with van der Waals surface area (Å²) in [5, 5.41) is 13.8. The second kappa shape index (κ2) is 5.06. The molecule has 1 heterocycles. The lowest BCUT2D eigenvalue weighted by Gasteiger charge is -2.06. The summed E-state index contributed by atoms with van der Waals surface area (Å²) in [5.74, 6) is 0. The van der Waals surface area contributed by atoms with Gasteiger partial charge in [-0.05, 0) is 17.7 Å². The molecule has 3 nitrogen and oxygen atoms in total. The zero-order chi connectivity index (χ0) is 13.1. The molecule has 2 aromatic carbocycles. The third kappa shape index (κ3) is 2.40. The minimum atomic E-state index is 0.804. The van der Waals surface area contributed by atoms with Gasteiger partial charge in [-0.3, -0.25) is 0 Å². The monoisotopic (exact) mass is 249 g/mol. The molecule has 3 aromatic rings. The topological polar surface area (TPSA) is 37.8 Å². The SMILES string of the molecule is CNc1ccc(Cc2nncc3ccccc23)cc1. The van der Waals surface area contributed by atoms with Gasteiger partial charge in [0, 0.05) is 29.9 Å². The molecular formula is C16H15N3. The Balaban J connectivity index is 1.96. The van der Waals surface area contributed by atoms with Gasteiger partial charge in [0.05, 0.1) is 11.9 Å². The molecule has 0 unspecified atom stereocenters. The van der Waals surface area contributed by atoms with Crippen molar-refractivity contribution in [2.75, 3.05) is 12.4 Å². The number of anilines is 1. The number of nitrogens with zero attached hydrogens (tertiary/aromatic N) is 2. The predicted octanol–water partition coefficient (Wildman–Crippen LogP) is 3.26. The van der Waals surface area contributed by atoms with Crippen LogP contribution in [0.15, 0.2) is 54.7 Å². The van der Waals surface area contributed by atoms with Gasteiger partial charge in [-0.25, -0.2) is 0 Å². The van der Waals surface area contributed by atoms with Crippen molar-refractivity contribution in [3.8, 4) is 0 Å². The molecule has 0 spiro atoms. The summed E-state index contributed by atoms with van der Waals surface area (Å²) in [4.78, 5) is 0. The van der Waals surface area contributed by atoms with Gasteiger partial charge in [-0.1, -0.05) is 36.4 Å². The molecule has 0 bridgehead atoms. The molecule has 3 rings (SSSR count). The van der Waals surface area contributed by atoms with Crippen molar-refractivity contribution in [3.63, 3.8) is 0 Å². The first-order chi connectivity index (χ1) is 9.36. The van der Waals surface area contributed by atoms with Crippen LogP contribution in [0.3, 0.4) is 0 Å². The van der Waals surface area contributed by atoms with Crippen LogP contribution in [0.2, 0.25) is 0 Å². The molecule has 0 atom stereocenters. The van der Waals surface area contributed by atoms with Gasteiger partial charge in [0.1, 0.15) is 0 Å². The minimum absolute atomic E-state index is 0.804. The van der Waals surface area contributed by atoms with Crippen LogP contribution < -0.4 is 5.32 Å². The number of hydrogen-bond acceptors (Lipinski definition) is 3. The van der Waals surface area contributed by atoms with Crippen LogP contribution in [0.4, 0.5) is 5.69 Å². The number of rotatable bonds is 3. The summed E-state index contributed by atoms with van der Waals surface area (Å²) in [7, 11) is 1.92. The van der Waals surface area contributed by atoms with Gasteiger partial charge in [0.15, 0.2) is 0 Å². The molecule has 0 saturated carbocycles. The first-order valence-electron chi connectivity index (χ1n) is 6.33. The van der Waals surface area contributed by atoms with E-state index in [-0.39, 0.29) is 0 Å². The van der Waals surface area contributed by atoms with E-state index in [4.69, 9.17) is 0 Å². The van der Waals surface area contributed by atoms with E-state index in [1.54, 1.807) is 0 Å². The number of hydrogen-bond donors (Lipinski definition) is 1. The molecule has 0 fully saturated rings. The van der Waals surface area contributed by atoms with E-state index in [1.165, 1.54) is 10.9 Å². The molecule has 1 aromatic heterocycles. The van der Waals surface area contributed by atoms with E-state index in [2.05, 4.69) is 51.9 Å². The van der Waals surface area contributed by atoms with Gasteiger partial charge in [0.2, 0.25) is 0 Å². The van der Waals surface area contributed by atoms with Crippen LogP contribution in [-0.4, -0.2) is 17.2 Å². The Labute approximate surface area is 112 Å². The maximum atomic E-state index is 4.28. The molecule has 0 radical (unpaired) electrons. The van der Waals surface area contributed by atoms with Crippen molar-refractivity contribution in [2.24, 2.45) is 0 Å². The highest BCUT2D eigenvalue weighted by atomic mass is 15.1. The van der Waals surface area contributed by atoms with Gasteiger partial charge in [-0.15, -0.1) is 0 Å². The lowest BCUT2D eigenvalue weighted by Crippen LogP contribution is -1.96. The van der Waals surface area contributed by atoms with E-state index in [0.29, 0.717) is 0 Å². The summed E-state index contributed by atoms with van der Waals surface area (Å²) in [6.07, 6.45) is 2.61. The zero-order valence-corrected chi connectivity index (χ0v) is 10.8. The second-order valence-electron chi connectivity index (χ2n) is 4.50. The Morgan fingerprint density at radius 2 is 1.79 bits per heavy atom. The molecule has 0 aliphatic carbocycles. The molecule has 1 N–H and O–H groups in total. The van der Waals surface area contributed by atoms with E-state index in [1.807, 2.05) is 25.4 Å². The average molecular weight is 249 g/mol. The van der Waals surface area contributed by atoms with Gasteiger partial charge in [0.25, 0.3) is 0 Å². The maximum absolute atomic E-state index is 4.28. The first-order valence-corrected chi connectivity index (χ1v) is 6.33. The van der Waals surface area contributed by atoms with Crippen LogP contribution in [0, 0.1) is 0 Å². The quantitative estimate of drug-likeness (QED) is 0.774. The van der Waals surface area contributed by atoms with Crippen molar-refractivity contribution in [1.29, 1.82) is 0 Å². The fourth-order valence-corrected chi connectivity index (χ4v) is 2.20. The highest BCUT2D eigenvalue weighted by Crippen LogP contribution is 2.19. The Morgan fingerprint density at radius 1 is 1.00 bits per heavy atom. The number of nitrogens with one attached hydrogen (secondary N) is 1. The molecule has 94 valence electrons. The zero-order valence-electron chi connectivity index (χ0n) is 10.8. The normalized spacial score (nSPS) is 10.6. The smallest absolute Gasteiger partial charge is 0.0753 e. The molecule has 19 heavy (non-hydrogen) atoms. The van der Waals surface area contributed by atoms with Crippen molar-refractivity contribution >= 4 is 16.5 Å². The third-order valence-corrected chi connectivity index (χ3v) is 3.26. The van der Waals surface area contributed by atoms with Crippen molar-refractivity contribution in [2.45, 2.75) is 6.42 Å². The van der Waals surface area contributed by atoms with Gasteiger partial charge < -0.3 is 5.32 Å². The van der Waals surface area contributed by atoms with Gasteiger partial charge in [-0.2, -0.15) is 10.2 Å². The molecule has 0 aliphatic heterocycles. The Morgan fingerprint density at radius 3 is 2.58 bits per heavy atom. The summed E-state index contributed by atoms with van der Waals surface area (Å²) in [6.45, 7) is 0. The summed E-state index contributed by atoms with van der Waals surface area (Å²) >= 11 is 0. The molecule has 0 aliphatic rings. The predicted molar refractivity (Wildman–Crippen MR) is 78.3 cm³/mol. The average Bonchev–Trinajstić information content (AvgIpc) is 2.48. The fourth-order valence-electron chi connectivity index (χ4n) is 2.20. The Bertz CT molecular complexity index is 684. The maximum Gasteiger partial charge on any atom is 0.0753 e. The highest BCUT2D eigenvalue weighted by Gasteiger charge is 2.04. The van der Waals surface area contributed by atoms with Crippen LogP contribution in [0.25, 0.3) is 10.8 Å². The van der Waals surface area contributed by atoms with Crippen LogP contribution in [-0.2, 0) is 6.42 Å². The van der Waals surface area contributed by atoms with E-state index >= 15 is 0 Å². The Hall–Kier alpha value is -2.42. The highest BCUT2D eigenvalue weighted by molar-refractivity contribution is 5.83. The van der Waals surface area contributed by atoms with Crippen molar-refractivity contribution in [3.05, 3.63) is 66.0 Å². The van der Waals surface area contributed by atoms with Crippen molar-refractivity contribution in [1.82, 2.24) is 10.2 Å². The summed E-state index contributed by atoms with van der Waals surface area (Å²) in [5.41, 5.74) is 3.38. The molecular weight excluding hydrogens is 234 g/mol. The fraction of sp³-hybridized carbons (Fsp3) is 0.125. The van der Waals surface area contributed by atoms with Crippen LogP contribution in [0.1, 0.15) is 11.3 Å². The second-order valence-corrected chi connectivity index (χ2v) is 4.50. The summed E-state index contributed by atoms with van der Waals surface area (Å²) < 4.78 is 0. The molecule has 0 saturated heterocycles.